The summed E-state index contributed by atoms with van der Waals surface area (Å²) in [6, 6.07) is 7.49. The van der Waals surface area contributed by atoms with E-state index < -0.39 is 15.9 Å². The highest BCUT2D eigenvalue weighted by Crippen LogP contribution is 2.22. The molecule has 0 heterocycles. The maximum absolute atomic E-state index is 11.0. The first-order chi connectivity index (χ1) is 8.44. The van der Waals surface area contributed by atoms with Crippen molar-refractivity contribution in [3.05, 3.63) is 35.4 Å². The van der Waals surface area contributed by atoms with E-state index in [0.717, 1.165) is 11.1 Å². The molecule has 1 aromatic carbocycles. The number of methoxy groups -OCH3 is 1. The summed E-state index contributed by atoms with van der Waals surface area (Å²) < 4.78 is 27.1. The Labute approximate surface area is 109 Å². The van der Waals surface area contributed by atoms with E-state index in [0.29, 0.717) is 19.4 Å². The van der Waals surface area contributed by atoms with Gasteiger partial charge in [-0.05, 0) is 24.0 Å². The molecule has 1 atom stereocenters. The molecule has 0 radical (unpaired) electrons. The van der Waals surface area contributed by atoms with Crippen molar-refractivity contribution in [1.82, 2.24) is 0 Å². The number of ether oxygens (including phenoxy) is 1. The van der Waals surface area contributed by atoms with Gasteiger partial charge in [-0.15, -0.1) is 0 Å². The van der Waals surface area contributed by atoms with Crippen LogP contribution >= 0.6 is 0 Å². The Morgan fingerprint density at radius 3 is 2.61 bits per heavy atom. The Hall–Kier alpha value is -0.910. The van der Waals surface area contributed by atoms with E-state index in [4.69, 9.17) is 4.74 Å². The fourth-order valence-corrected chi connectivity index (χ4v) is 2.53. The third kappa shape index (κ3) is 5.16. The van der Waals surface area contributed by atoms with Gasteiger partial charge in [0.1, 0.15) is 9.84 Å². The summed E-state index contributed by atoms with van der Waals surface area (Å²) in [4.78, 5) is 0. The molecule has 0 aliphatic carbocycles. The maximum atomic E-state index is 11.0. The predicted octanol–water partition coefficient (Wildman–Crippen LogP) is 1.69. The molecular formula is C13H20O4S. The second kappa shape index (κ2) is 6.87. The lowest BCUT2D eigenvalue weighted by molar-refractivity contribution is 0.154. The van der Waals surface area contributed by atoms with E-state index in [1.54, 1.807) is 7.11 Å². The second-order valence-corrected chi connectivity index (χ2v) is 6.68. The molecule has 0 aliphatic heterocycles. The number of rotatable bonds is 7. The maximum Gasteiger partial charge on any atom is 0.147 e. The molecule has 0 fully saturated rings. The quantitative estimate of drug-likeness (QED) is 0.820. The molecule has 0 saturated carbocycles. The minimum Gasteiger partial charge on any atom is -0.388 e. The van der Waals surface area contributed by atoms with Crippen molar-refractivity contribution < 1.29 is 18.3 Å². The van der Waals surface area contributed by atoms with Gasteiger partial charge in [-0.2, -0.15) is 0 Å². The Morgan fingerprint density at radius 2 is 2.00 bits per heavy atom. The molecule has 0 aliphatic rings. The van der Waals surface area contributed by atoms with Gasteiger partial charge in [-0.3, -0.25) is 0 Å². The van der Waals surface area contributed by atoms with Gasteiger partial charge in [-0.1, -0.05) is 24.3 Å². The smallest absolute Gasteiger partial charge is 0.147 e. The Morgan fingerprint density at radius 1 is 1.33 bits per heavy atom. The molecule has 1 unspecified atom stereocenters. The van der Waals surface area contributed by atoms with Gasteiger partial charge in [-0.25, -0.2) is 8.42 Å². The zero-order chi connectivity index (χ0) is 13.6. The first-order valence-corrected chi connectivity index (χ1v) is 7.92. The Balaban J connectivity index is 2.63. The third-order valence-corrected chi connectivity index (χ3v) is 3.74. The lowest BCUT2D eigenvalue weighted by atomic mass is 10.00. The average molecular weight is 272 g/mol. The van der Waals surface area contributed by atoms with Crippen LogP contribution in [0.1, 0.15) is 30.1 Å². The van der Waals surface area contributed by atoms with Crippen molar-refractivity contribution in [3.8, 4) is 0 Å². The minimum absolute atomic E-state index is 0.108. The van der Waals surface area contributed by atoms with Crippen molar-refractivity contribution in [1.29, 1.82) is 0 Å². The standard InChI is InChI=1S/C13H20O4S/c1-17-10-11-6-3-4-7-12(11)13(14)8-5-9-18(2,15)16/h3-4,6-7,13-14H,5,8-10H2,1-2H3. The van der Waals surface area contributed by atoms with Crippen LogP contribution in [0.25, 0.3) is 0 Å². The second-order valence-electron chi connectivity index (χ2n) is 4.42. The van der Waals surface area contributed by atoms with Crippen molar-refractivity contribution >= 4 is 9.84 Å². The first-order valence-electron chi connectivity index (χ1n) is 5.86. The molecule has 1 aromatic rings. The van der Waals surface area contributed by atoms with Gasteiger partial charge >= 0.3 is 0 Å². The fraction of sp³-hybridized carbons (Fsp3) is 0.538. The molecule has 18 heavy (non-hydrogen) atoms. The molecule has 0 spiro atoms. The topological polar surface area (TPSA) is 63.6 Å². The van der Waals surface area contributed by atoms with Gasteiger partial charge < -0.3 is 9.84 Å². The van der Waals surface area contributed by atoms with E-state index in [2.05, 4.69) is 0 Å². The van der Waals surface area contributed by atoms with E-state index in [1.165, 1.54) is 6.26 Å². The number of hydrogen-bond acceptors (Lipinski definition) is 4. The van der Waals surface area contributed by atoms with Gasteiger partial charge in [0.05, 0.1) is 12.7 Å². The summed E-state index contributed by atoms with van der Waals surface area (Å²) in [5.74, 6) is 0.108. The normalized spacial score (nSPS) is 13.5. The molecule has 5 heteroatoms. The fourth-order valence-electron chi connectivity index (χ4n) is 1.84. The van der Waals surface area contributed by atoms with Crippen LogP contribution in [0.5, 0.6) is 0 Å². The van der Waals surface area contributed by atoms with Crippen molar-refractivity contribution in [3.63, 3.8) is 0 Å². The number of benzene rings is 1. The summed E-state index contributed by atoms with van der Waals surface area (Å²) in [5, 5.41) is 10.1. The SMILES string of the molecule is COCc1ccccc1C(O)CCCS(C)(=O)=O. The van der Waals surface area contributed by atoms with Gasteiger partial charge in [0.25, 0.3) is 0 Å². The van der Waals surface area contributed by atoms with E-state index in [1.807, 2.05) is 24.3 Å². The monoisotopic (exact) mass is 272 g/mol. The molecule has 0 bridgehead atoms. The Kier molecular flexibility index (Phi) is 5.78. The van der Waals surface area contributed by atoms with Crippen LogP contribution in [0.4, 0.5) is 0 Å². The lowest BCUT2D eigenvalue weighted by Gasteiger charge is -2.15. The van der Waals surface area contributed by atoms with Crippen molar-refractivity contribution in [2.45, 2.75) is 25.6 Å². The molecule has 1 N–H and O–H groups in total. The summed E-state index contributed by atoms with van der Waals surface area (Å²) in [6.07, 6.45) is 1.46. The van der Waals surface area contributed by atoms with E-state index in [-0.39, 0.29) is 5.75 Å². The van der Waals surface area contributed by atoms with Crippen LogP contribution in [0.2, 0.25) is 0 Å². The third-order valence-electron chi connectivity index (χ3n) is 2.71. The number of sulfone groups is 1. The molecule has 102 valence electrons. The highest BCUT2D eigenvalue weighted by Gasteiger charge is 2.13. The van der Waals surface area contributed by atoms with E-state index >= 15 is 0 Å². The zero-order valence-electron chi connectivity index (χ0n) is 10.8. The van der Waals surface area contributed by atoms with E-state index in [9.17, 15) is 13.5 Å². The first kappa shape index (κ1) is 15.1. The number of aliphatic hydroxyl groups is 1. The largest absolute Gasteiger partial charge is 0.388 e. The molecule has 1 rings (SSSR count). The summed E-state index contributed by atoms with van der Waals surface area (Å²) in [7, 11) is -1.35. The predicted molar refractivity (Wildman–Crippen MR) is 71.1 cm³/mol. The highest BCUT2D eigenvalue weighted by atomic mass is 32.2. The minimum atomic E-state index is -2.96. The Bertz CT molecular complexity index is 468. The summed E-state index contributed by atoms with van der Waals surface area (Å²) in [6.45, 7) is 0.444. The van der Waals surface area contributed by atoms with Crippen LogP contribution in [0.15, 0.2) is 24.3 Å². The lowest BCUT2D eigenvalue weighted by Crippen LogP contribution is -2.07. The van der Waals surface area contributed by atoms with Gasteiger partial charge in [0, 0.05) is 19.1 Å². The van der Waals surface area contributed by atoms with Crippen molar-refractivity contribution in [2.24, 2.45) is 0 Å². The zero-order valence-corrected chi connectivity index (χ0v) is 11.6. The van der Waals surface area contributed by atoms with Crippen LogP contribution in [-0.2, 0) is 21.2 Å². The van der Waals surface area contributed by atoms with Crippen molar-refractivity contribution in [2.75, 3.05) is 19.1 Å². The number of hydrogen-bond donors (Lipinski definition) is 1. The highest BCUT2D eigenvalue weighted by molar-refractivity contribution is 7.90. The van der Waals surface area contributed by atoms with Gasteiger partial charge in [0.2, 0.25) is 0 Å². The number of aliphatic hydroxyl groups excluding tert-OH is 1. The summed E-state index contributed by atoms with van der Waals surface area (Å²) in [5.41, 5.74) is 1.75. The molecule has 0 saturated heterocycles. The molecule has 0 aromatic heterocycles. The van der Waals surface area contributed by atoms with Gasteiger partial charge in [0.15, 0.2) is 0 Å². The average Bonchev–Trinajstić information content (AvgIpc) is 2.28. The van der Waals surface area contributed by atoms with Crippen LogP contribution in [0.3, 0.4) is 0 Å². The molecule has 0 amide bonds. The molecular weight excluding hydrogens is 252 g/mol. The van der Waals surface area contributed by atoms with Crippen LogP contribution in [0, 0.1) is 0 Å². The van der Waals surface area contributed by atoms with Crippen LogP contribution in [-0.4, -0.2) is 32.6 Å². The summed E-state index contributed by atoms with van der Waals surface area (Å²) >= 11 is 0. The van der Waals surface area contributed by atoms with Crippen LogP contribution < -0.4 is 0 Å². The molecule has 4 nitrogen and oxygen atoms in total.